The van der Waals surface area contributed by atoms with Gasteiger partial charge in [-0.1, -0.05) is 27.2 Å². The molecule has 1 amide bonds. The number of nitrogens with zero attached hydrogens (tertiary/aromatic N) is 1. The van der Waals surface area contributed by atoms with Crippen LogP contribution in [0.2, 0.25) is 0 Å². The van der Waals surface area contributed by atoms with Gasteiger partial charge < -0.3 is 9.64 Å². The second-order valence-electron chi connectivity index (χ2n) is 7.07. The molecule has 0 aromatic carbocycles. The highest BCUT2D eigenvalue weighted by atomic mass is 16.5. The van der Waals surface area contributed by atoms with E-state index in [1.54, 1.807) is 0 Å². The summed E-state index contributed by atoms with van der Waals surface area (Å²) in [6.07, 6.45) is 4.47. The number of amides is 1. The lowest BCUT2D eigenvalue weighted by molar-refractivity contribution is -0.141. The molecule has 2 aliphatic rings. The average molecular weight is 281 g/mol. The van der Waals surface area contributed by atoms with Crippen LogP contribution < -0.4 is 0 Å². The average Bonchev–Trinajstić information content (AvgIpc) is 2.81. The lowest BCUT2D eigenvalue weighted by Gasteiger charge is -2.36. The molecule has 0 bridgehead atoms. The maximum atomic E-state index is 13.0. The highest BCUT2D eigenvalue weighted by Gasteiger charge is 2.39. The van der Waals surface area contributed by atoms with Crippen LogP contribution in [0.3, 0.4) is 0 Å². The van der Waals surface area contributed by atoms with Crippen molar-refractivity contribution in [2.75, 3.05) is 19.8 Å². The Morgan fingerprint density at radius 3 is 2.45 bits per heavy atom. The lowest BCUT2D eigenvalue weighted by atomic mass is 9.78. The smallest absolute Gasteiger partial charge is 0.226 e. The zero-order valence-corrected chi connectivity index (χ0v) is 13.6. The number of carbonyl (C=O) groups excluding carboxylic acids is 1. The summed E-state index contributed by atoms with van der Waals surface area (Å²) >= 11 is 0. The van der Waals surface area contributed by atoms with Crippen LogP contribution >= 0.6 is 0 Å². The van der Waals surface area contributed by atoms with E-state index in [0.717, 1.165) is 32.6 Å². The highest BCUT2D eigenvalue weighted by molar-refractivity contribution is 5.80. The van der Waals surface area contributed by atoms with Crippen LogP contribution in [-0.2, 0) is 9.53 Å². The van der Waals surface area contributed by atoms with Crippen molar-refractivity contribution in [2.45, 2.75) is 59.4 Å². The van der Waals surface area contributed by atoms with Crippen LogP contribution in [0.15, 0.2) is 0 Å². The van der Waals surface area contributed by atoms with E-state index in [1.807, 2.05) is 0 Å². The summed E-state index contributed by atoms with van der Waals surface area (Å²) in [7, 11) is 0. The quantitative estimate of drug-likeness (QED) is 0.791. The fourth-order valence-electron chi connectivity index (χ4n) is 4.04. The third-order valence-electron chi connectivity index (χ3n) is 5.30. The maximum absolute atomic E-state index is 13.0. The van der Waals surface area contributed by atoms with E-state index in [4.69, 9.17) is 4.74 Å². The summed E-state index contributed by atoms with van der Waals surface area (Å²) in [5.41, 5.74) is 0. The number of hydrogen-bond acceptors (Lipinski definition) is 2. The maximum Gasteiger partial charge on any atom is 0.226 e. The number of hydrogen-bond donors (Lipinski definition) is 0. The molecule has 0 aromatic rings. The first-order chi connectivity index (χ1) is 9.54. The topological polar surface area (TPSA) is 29.5 Å². The van der Waals surface area contributed by atoms with Gasteiger partial charge in [-0.2, -0.15) is 0 Å². The van der Waals surface area contributed by atoms with Gasteiger partial charge >= 0.3 is 0 Å². The SMILES string of the molecule is CCC1C[C@@H](C)N(C(=O)C(C(C)C)C2CCOCC2)C1. The van der Waals surface area contributed by atoms with Gasteiger partial charge in [0.15, 0.2) is 0 Å². The molecule has 0 spiro atoms. The van der Waals surface area contributed by atoms with Crippen molar-refractivity contribution < 1.29 is 9.53 Å². The molecule has 2 unspecified atom stereocenters. The molecule has 3 atom stereocenters. The molecular formula is C17H31NO2. The fraction of sp³-hybridized carbons (Fsp3) is 0.941. The van der Waals surface area contributed by atoms with E-state index in [0.29, 0.717) is 29.7 Å². The molecule has 2 saturated heterocycles. The van der Waals surface area contributed by atoms with Crippen LogP contribution in [0.25, 0.3) is 0 Å². The van der Waals surface area contributed by atoms with Gasteiger partial charge in [-0.3, -0.25) is 4.79 Å². The first kappa shape index (κ1) is 15.8. The molecule has 2 aliphatic heterocycles. The van der Waals surface area contributed by atoms with Gasteiger partial charge in [0.2, 0.25) is 5.91 Å². The summed E-state index contributed by atoms with van der Waals surface area (Å²) in [5, 5.41) is 0. The zero-order chi connectivity index (χ0) is 14.7. The second kappa shape index (κ2) is 6.93. The van der Waals surface area contributed by atoms with Crippen molar-refractivity contribution in [3.05, 3.63) is 0 Å². The van der Waals surface area contributed by atoms with E-state index in [-0.39, 0.29) is 5.92 Å². The van der Waals surface area contributed by atoms with Crippen molar-refractivity contribution >= 4 is 5.91 Å². The number of rotatable bonds is 4. The van der Waals surface area contributed by atoms with Gasteiger partial charge in [-0.05, 0) is 43.9 Å². The van der Waals surface area contributed by atoms with E-state index < -0.39 is 0 Å². The van der Waals surface area contributed by atoms with Crippen LogP contribution in [0.5, 0.6) is 0 Å². The number of ether oxygens (including phenoxy) is 1. The number of carbonyl (C=O) groups is 1. The van der Waals surface area contributed by atoms with Gasteiger partial charge in [0.1, 0.15) is 0 Å². The molecule has 0 aliphatic carbocycles. The predicted molar refractivity (Wildman–Crippen MR) is 81.4 cm³/mol. The molecule has 0 saturated carbocycles. The molecule has 3 heteroatoms. The Morgan fingerprint density at radius 2 is 1.95 bits per heavy atom. The molecule has 116 valence electrons. The lowest BCUT2D eigenvalue weighted by Crippen LogP contribution is -2.44. The van der Waals surface area contributed by atoms with Crippen LogP contribution in [0.1, 0.15) is 53.4 Å². The Morgan fingerprint density at radius 1 is 1.30 bits per heavy atom. The van der Waals surface area contributed by atoms with Crippen molar-refractivity contribution in [3.8, 4) is 0 Å². The minimum absolute atomic E-state index is 0.192. The Hall–Kier alpha value is -0.570. The Labute approximate surface area is 124 Å². The zero-order valence-electron chi connectivity index (χ0n) is 13.6. The standard InChI is InChI=1S/C17H31NO2/c1-5-14-10-13(4)18(11-14)17(19)16(12(2)3)15-6-8-20-9-7-15/h12-16H,5-11H2,1-4H3/t13-,14?,16?/m1/s1. The summed E-state index contributed by atoms with van der Waals surface area (Å²) in [5.74, 6) is 2.26. The van der Waals surface area contributed by atoms with Crippen LogP contribution in [-0.4, -0.2) is 36.6 Å². The van der Waals surface area contributed by atoms with Crippen molar-refractivity contribution in [1.29, 1.82) is 0 Å². The van der Waals surface area contributed by atoms with E-state index in [1.165, 1.54) is 12.8 Å². The Bertz CT molecular complexity index is 323. The molecule has 3 nitrogen and oxygen atoms in total. The first-order valence-corrected chi connectivity index (χ1v) is 8.42. The molecule has 0 aromatic heterocycles. The highest BCUT2D eigenvalue weighted by Crippen LogP contribution is 2.34. The van der Waals surface area contributed by atoms with E-state index >= 15 is 0 Å². The molecule has 2 fully saturated rings. The van der Waals surface area contributed by atoms with Crippen molar-refractivity contribution in [3.63, 3.8) is 0 Å². The third-order valence-corrected chi connectivity index (χ3v) is 5.30. The molecule has 0 N–H and O–H groups in total. The molecule has 2 heterocycles. The van der Waals surface area contributed by atoms with Gasteiger partial charge in [-0.15, -0.1) is 0 Å². The normalized spacial score (nSPS) is 29.9. The molecule has 2 rings (SSSR count). The van der Waals surface area contributed by atoms with Gasteiger partial charge in [0.25, 0.3) is 0 Å². The van der Waals surface area contributed by atoms with Gasteiger partial charge in [0.05, 0.1) is 0 Å². The monoisotopic (exact) mass is 281 g/mol. The first-order valence-electron chi connectivity index (χ1n) is 8.42. The second-order valence-corrected chi connectivity index (χ2v) is 7.07. The van der Waals surface area contributed by atoms with Crippen molar-refractivity contribution in [2.24, 2.45) is 23.7 Å². The van der Waals surface area contributed by atoms with E-state index in [2.05, 4.69) is 32.6 Å². The third kappa shape index (κ3) is 3.36. The van der Waals surface area contributed by atoms with Crippen molar-refractivity contribution in [1.82, 2.24) is 4.90 Å². The summed E-state index contributed by atoms with van der Waals surface area (Å²) in [6, 6.07) is 0.425. The van der Waals surface area contributed by atoms with Crippen LogP contribution in [0, 0.1) is 23.7 Å². The summed E-state index contributed by atoms with van der Waals surface area (Å²) in [4.78, 5) is 15.2. The summed E-state index contributed by atoms with van der Waals surface area (Å²) in [6.45, 7) is 11.5. The molecule has 0 radical (unpaired) electrons. The van der Waals surface area contributed by atoms with Gasteiger partial charge in [-0.25, -0.2) is 0 Å². The van der Waals surface area contributed by atoms with E-state index in [9.17, 15) is 4.79 Å². The Kier molecular flexibility index (Phi) is 5.48. The van der Waals surface area contributed by atoms with Crippen LogP contribution in [0.4, 0.5) is 0 Å². The molecular weight excluding hydrogens is 250 g/mol. The number of likely N-dealkylation sites (tertiary alicyclic amines) is 1. The Balaban J connectivity index is 2.06. The summed E-state index contributed by atoms with van der Waals surface area (Å²) < 4.78 is 5.47. The minimum atomic E-state index is 0.192. The largest absolute Gasteiger partial charge is 0.381 e. The van der Waals surface area contributed by atoms with Gasteiger partial charge in [0, 0.05) is 31.7 Å². The minimum Gasteiger partial charge on any atom is -0.381 e. The molecule has 20 heavy (non-hydrogen) atoms. The predicted octanol–water partition coefficient (Wildman–Crippen LogP) is 3.33. The fourth-order valence-corrected chi connectivity index (χ4v) is 4.04.